The van der Waals surface area contributed by atoms with E-state index in [1.807, 2.05) is 35.7 Å². The van der Waals surface area contributed by atoms with Crippen molar-refractivity contribution >= 4 is 28.7 Å². The Labute approximate surface area is 121 Å². The summed E-state index contributed by atoms with van der Waals surface area (Å²) in [5.41, 5.74) is 1.84. The maximum Gasteiger partial charge on any atom is 0.276 e. The number of carbonyl (C=O) groups excluding carboxylic acids is 1. The number of hydrogen-bond acceptors (Lipinski definition) is 2. The molecule has 1 N–H and O–H groups in total. The van der Waals surface area contributed by atoms with Crippen LogP contribution in [0.1, 0.15) is 16.3 Å². The minimum atomic E-state index is -0.246. The molecule has 2 aromatic heterocycles. The van der Waals surface area contributed by atoms with Gasteiger partial charge in [0.1, 0.15) is 5.82 Å². The second-order valence-electron chi connectivity index (χ2n) is 4.43. The summed E-state index contributed by atoms with van der Waals surface area (Å²) in [4.78, 5) is 16.6. The van der Waals surface area contributed by atoms with Gasteiger partial charge in [-0.2, -0.15) is 0 Å². The zero-order valence-electron chi connectivity index (χ0n) is 10.8. The number of aromatic nitrogens is 2. The number of benzene rings is 1. The molecule has 4 nitrogen and oxygen atoms in total. The Balaban J connectivity index is 1.97. The molecule has 1 amide bonds. The number of amides is 1. The Bertz CT molecular complexity index is 795. The first-order chi connectivity index (χ1) is 9.65. The number of nitrogens with one attached hydrogen (secondary N) is 1. The Morgan fingerprint density at radius 1 is 1.25 bits per heavy atom. The molecule has 2 heterocycles. The molecule has 0 radical (unpaired) electrons. The highest BCUT2D eigenvalue weighted by Gasteiger charge is 2.15. The molecule has 0 saturated carbocycles. The number of rotatable bonds is 2. The molecule has 0 aliphatic rings. The Morgan fingerprint density at radius 3 is 2.90 bits per heavy atom. The third-order valence-electron chi connectivity index (χ3n) is 3.02. The Kier molecular flexibility index (Phi) is 3.16. The molecule has 20 heavy (non-hydrogen) atoms. The van der Waals surface area contributed by atoms with Crippen molar-refractivity contribution in [2.45, 2.75) is 6.92 Å². The minimum absolute atomic E-state index is 0.246. The van der Waals surface area contributed by atoms with E-state index in [4.69, 9.17) is 11.6 Å². The van der Waals surface area contributed by atoms with Crippen LogP contribution in [-0.4, -0.2) is 15.3 Å². The summed E-state index contributed by atoms with van der Waals surface area (Å²) in [5, 5.41) is 3.38. The molecule has 0 saturated heterocycles. The van der Waals surface area contributed by atoms with Crippen LogP contribution in [0.25, 0.3) is 5.52 Å². The van der Waals surface area contributed by atoms with E-state index in [2.05, 4.69) is 10.3 Å². The van der Waals surface area contributed by atoms with Crippen LogP contribution in [0.4, 0.5) is 5.69 Å². The molecule has 3 aromatic rings. The van der Waals surface area contributed by atoms with Gasteiger partial charge in [-0.1, -0.05) is 23.7 Å². The van der Waals surface area contributed by atoms with Crippen LogP contribution in [0.5, 0.6) is 0 Å². The first kappa shape index (κ1) is 12.7. The van der Waals surface area contributed by atoms with E-state index in [1.54, 1.807) is 24.3 Å². The van der Waals surface area contributed by atoms with Crippen molar-refractivity contribution in [3.63, 3.8) is 0 Å². The van der Waals surface area contributed by atoms with Crippen LogP contribution in [-0.2, 0) is 0 Å². The van der Waals surface area contributed by atoms with Crippen LogP contribution in [0, 0.1) is 6.92 Å². The number of aryl methyl sites for hydroxylation is 1. The quantitative estimate of drug-likeness (QED) is 0.783. The van der Waals surface area contributed by atoms with Crippen molar-refractivity contribution in [3.8, 4) is 0 Å². The van der Waals surface area contributed by atoms with Crippen LogP contribution < -0.4 is 5.32 Å². The molecule has 0 aliphatic carbocycles. The van der Waals surface area contributed by atoms with E-state index >= 15 is 0 Å². The summed E-state index contributed by atoms with van der Waals surface area (Å²) in [6.07, 6.45) is 1.88. The third-order valence-corrected chi connectivity index (χ3v) is 3.26. The van der Waals surface area contributed by atoms with Gasteiger partial charge in [-0.3, -0.25) is 4.79 Å². The number of nitrogens with zero attached hydrogens (tertiary/aromatic N) is 2. The number of imidazole rings is 1. The van der Waals surface area contributed by atoms with E-state index in [9.17, 15) is 4.79 Å². The topological polar surface area (TPSA) is 46.4 Å². The number of pyridine rings is 1. The molecule has 100 valence electrons. The lowest BCUT2D eigenvalue weighted by molar-refractivity contribution is 0.102. The molecule has 3 rings (SSSR count). The highest BCUT2D eigenvalue weighted by atomic mass is 35.5. The fraction of sp³-hybridized carbons (Fsp3) is 0.0667. The monoisotopic (exact) mass is 285 g/mol. The second-order valence-corrected chi connectivity index (χ2v) is 4.86. The number of fused-ring (bicyclic) bond motifs is 1. The predicted octanol–water partition coefficient (Wildman–Crippen LogP) is 3.55. The average Bonchev–Trinajstić information content (AvgIpc) is 2.77. The standard InChI is InChI=1S/C15H12ClN3O/c1-10-17-14(13-7-2-3-8-19(10)13)15(20)18-12-6-4-5-11(16)9-12/h2-9H,1H3,(H,18,20). The van der Waals surface area contributed by atoms with Gasteiger partial charge in [-0.25, -0.2) is 4.98 Å². The number of carbonyl (C=O) groups is 1. The summed E-state index contributed by atoms with van der Waals surface area (Å²) in [6, 6.07) is 12.7. The normalized spacial score (nSPS) is 10.7. The van der Waals surface area contributed by atoms with Crippen molar-refractivity contribution in [1.82, 2.24) is 9.38 Å². The van der Waals surface area contributed by atoms with Gasteiger partial charge in [-0.05, 0) is 37.3 Å². The fourth-order valence-corrected chi connectivity index (χ4v) is 2.31. The lowest BCUT2D eigenvalue weighted by Crippen LogP contribution is -2.12. The molecule has 0 fully saturated rings. The van der Waals surface area contributed by atoms with Gasteiger partial charge < -0.3 is 9.72 Å². The predicted molar refractivity (Wildman–Crippen MR) is 79.3 cm³/mol. The van der Waals surface area contributed by atoms with Gasteiger partial charge >= 0.3 is 0 Å². The lowest BCUT2D eigenvalue weighted by atomic mass is 10.3. The zero-order valence-corrected chi connectivity index (χ0v) is 11.6. The van der Waals surface area contributed by atoms with Crippen LogP contribution in [0.3, 0.4) is 0 Å². The summed E-state index contributed by atoms with van der Waals surface area (Å²) in [7, 11) is 0. The number of hydrogen-bond donors (Lipinski definition) is 1. The largest absolute Gasteiger partial charge is 0.321 e. The molecule has 0 spiro atoms. The van der Waals surface area contributed by atoms with Crippen LogP contribution in [0.15, 0.2) is 48.7 Å². The van der Waals surface area contributed by atoms with Crippen LogP contribution in [0.2, 0.25) is 5.02 Å². The van der Waals surface area contributed by atoms with Gasteiger partial charge in [-0.15, -0.1) is 0 Å². The third kappa shape index (κ3) is 2.26. The van der Waals surface area contributed by atoms with Gasteiger partial charge in [0.2, 0.25) is 0 Å². The summed E-state index contributed by atoms with van der Waals surface area (Å²) < 4.78 is 1.88. The van der Waals surface area contributed by atoms with E-state index in [0.717, 1.165) is 11.3 Å². The molecule has 5 heteroatoms. The van der Waals surface area contributed by atoms with Gasteiger partial charge in [0.05, 0.1) is 5.52 Å². The molecule has 0 atom stereocenters. The first-order valence-corrected chi connectivity index (χ1v) is 6.53. The van der Waals surface area contributed by atoms with Crippen molar-refractivity contribution in [1.29, 1.82) is 0 Å². The van der Waals surface area contributed by atoms with Crippen LogP contribution >= 0.6 is 11.6 Å². The molecular weight excluding hydrogens is 274 g/mol. The summed E-state index contributed by atoms with van der Waals surface area (Å²) in [5.74, 6) is 0.529. The first-order valence-electron chi connectivity index (χ1n) is 6.16. The minimum Gasteiger partial charge on any atom is -0.321 e. The van der Waals surface area contributed by atoms with Crippen molar-refractivity contribution in [3.05, 3.63) is 65.2 Å². The van der Waals surface area contributed by atoms with E-state index < -0.39 is 0 Å². The zero-order chi connectivity index (χ0) is 14.1. The molecular formula is C15H12ClN3O. The average molecular weight is 286 g/mol. The van der Waals surface area contributed by atoms with Gasteiger partial charge in [0.25, 0.3) is 5.91 Å². The smallest absolute Gasteiger partial charge is 0.276 e. The van der Waals surface area contributed by atoms with Gasteiger partial charge in [0.15, 0.2) is 5.69 Å². The highest BCUT2D eigenvalue weighted by molar-refractivity contribution is 6.31. The number of anilines is 1. The van der Waals surface area contributed by atoms with Gasteiger partial charge in [0, 0.05) is 16.9 Å². The molecule has 0 aliphatic heterocycles. The lowest BCUT2D eigenvalue weighted by Gasteiger charge is -2.03. The maximum absolute atomic E-state index is 12.3. The van der Waals surface area contributed by atoms with Crippen molar-refractivity contribution in [2.75, 3.05) is 5.32 Å². The fourth-order valence-electron chi connectivity index (χ4n) is 2.11. The highest BCUT2D eigenvalue weighted by Crippen LogP contribution is 2.18. The number of halogens is 1. The summed E-state index contributed by atoms with van der Waals surface area (Å²) in [6.45, 7) is 1.86. The van der Waals surface area contributed by atoms with Crippen molar-refractivity contribution < 1.29 is 4.79 Å². The second kappa shape index (κ2) is 4.98. The van der Waals surface area contributed by atoms with E-state index in [1.165, 1.54) is 0 Å². The Morgan fingerprint density at radius 2 is 2.10 bits per heavy atom. The molecule has 1 aromatic carbocycles. The Hall–Kier alpha value is -2.33. The summed E-state index contributed by atoms with van der Waals surface area (Å²) >= 11 is 5.90. The van der Waals surface area contributed by atoms with Crippen molar-refractivity contribution in [2.24, 2.45) is 0 Å². The van der Waals surface area contributed by atoms with E-state index in [0.29, 0.717) is 16.4 Å². The van der Waals surface area contributed by atoms with E-state index in [-0.39, 0.29) is 5.91 Å². The molecule has 0 unspecified atom stereocenters. The maximum atomic E-state index is 12.3. The molecule has 0 bridgehead atoms. The SMILES string of the molecule is Cc1nc(C(=O)Nc2cccc(Cl)c2)c2ccccn12.